The average molecular weight is 400 g/mol. The van der Waals surface area contributed by atoms with E-state index in [1.54, 1.807) is 37.3 Å². The van der Waals surface area contributed by atoms with Crippen LogP contribution in [0.5, 0.6) is 11.5 Å². The molecular weight excluding hydrogens is 370 g/mol. The summed E-state index contributed by atoms with van der Waals surface area (Å²) in [4.78, 5) is 26.8. The van der Waals surface area contributed by atoms with Gasteiger partial charge in [-0.05, 0) is 31.5 Å². The number of halogens is 1. The second kappa shape index (κ2) is 11.7. The predicted molar refractivity (Wildman–Crippen MR) is 107 cm³/mol. The highest BCUT2D eigenvalue weighted by Crippen LogP contribution is 2.25. The van der Waals surface area contributed by atoms with Crippen molar-refractivity contribution in [2.24, 2.45) is 5.92 Å². The van der Waals surface area contributed by atoms with Gasteiger partial charge in [-0.3, -0.25) is 9.59 Å². The number of likely N-dealkylation sites (tertiary alicyclic amines) is 1. The second-order valence-electron chi connectivity index (χ2n) is 6.31. The number of nitrogens with one attached hydrogen (secondary N) is 2. The number of benzene rings is 1. The molecule has 1 fully saturated rings. The Morgan fingerprint density at radius 3 is 2.19 bits per heavy atom. The molecular formula is C19H30ClN3O4. The zero-order valence-electron chi connectivity index (χ0n) is 16.2. The van der Waals surface area contributed by atoms with E-state index in [4.69, 9.17) is 9.47 Å². The summed E-state index contributed by atoms with van der Waals surface area (Å²) in [6, 6.07) is 5.16. The summed E-state index contributed by atoms with van der Waals surface area (Å²) in [5.41, 5.74) is 0.537. The van der Waals surface area contributed by atoms with E-state index in [1.165, 1.54) is 0 Å². The SMILES string of the molecule is CCNCCNC(=O)C1CCN(C(=O)c2cc(OC)cc(OC)c2)CC1.Cl. The average Bonchev–Trinajstić information content (AvgIpc) is 2.70. The van der Waals surface area contributed by atoms with Gasteiger partial charge in [-0.2, -0.15) is 0 Å². The minimum Gasteiger partial charge on any atom is -0.497 e. The van der Waals surface area contributed by atoms with E-state index >= 15 is 0 Å². The van der Waals surface area contributed by atoms with E-state index in [0.717, 1.165) is 13.1 Å². The molecule has 7 nitrogen and oxygen atoms in total. The van der Waals surface area contributed by atoms with Gasteiger partial charge in [-0.1, -0.05) is 6.92 Å². The lowest BCUT2D eigenvalue weighted by atomic mass is 9.95. The number of carbonyl (C=O) groups is 2. The molecule has 2 N–H and O–H groups in total. The number of carbonyl (C=O) groups excluding carboxylic acids is 2. The fourth-order valence-electron chi connectivity index (χ4n) is 3.05. The summed E-state index contributed by atoms with van der Waals surface area (Å²) in [6.07, 6.45) is 1.36. The Morgan fingerprint density at radius 2 is 1.67 bits per heavy atom. The molecule has 0 aromatic heterocycles. The summed E-state index contributed by atoms with van der Waals surface area (Å²) in [7, 11) is 3.12. The fraction of sp³-hybridized carbons (Fsp3) is 0.579. The Morgan fingerprint density at radius 1 is 1.07 bits per heavy atom. The van der Waals surface area contributed by atoms with Gasteiger partial charge in [-0.15, -0.1) is 12.4 Å². The zero-order chi connectivity index (χ0) is 18.9. The maximum atomic E-state index is 12.8. The van der Waals surface area contributed by atoms with Crippen molar-refractivity contribution in [3.63, 3.8) is 0 Å². The van der Waals surface area contributed by atoms with Gasteiger partial charge in [-0.25, -0.2) is 0 Å². The van der Waals surface area contributed by atoms with Crippen LogP contribution in [0.15, 0.2) is 18.2 Å². The van der Waals surface area contributed by atoms with Crippen LogP contribution < -0.4 is 20.1 Å². The monoisotopic (exact) mass is 399 g/mol. The van der Waals surface area contributed by atoms with E-state index in [1.807, 2.05) is 6.92 Å². The zero-order valence-corrected chi connectivity index (χ0v) is 17.1. The van der Waals surface area contributed by atoms with E-state index < -0.39 is 0 Å². The van der Waals surface area contributed by atoms with Crippen LogP contribution in [0.25, 0.3) is 0 Å². The number of rotatable bonds is 8. The van der Waals surface area contributed by atoms with Crippen molar-refractivity contribution in [3.8, 4) is 11.5 Å². The molecule has 27 heavy (non-hydrogen) atoms. The van der Waals surface area contributed by atoms with E-state index in [0.29, 0.717) is 49.5 Å². The number of methoxy groups -OCH3 is 2. The minimum absolute atomic E-state index is 0. The number of hydrogen-bond acceptors (Lipinski definition) is 5. The molecule has 0 radical (unpaired) electrons. The van der Waals surface area contributed by atoms with Gasteiger partial charge in [0.15, 0.2) is 0 Å². The van der Waals surface area contributed by atoms with Crippen LogP contribution in [0.2, 0.25) is 0 Å². The van der Waals surface area contributed by atoms with Gasteiger partial charge in [0.2, 0.25) is 5.91 Å². The van der Waals surface area contributed by atoms with Crippen LogP contribution in [0.4, 0.5) is 0 Å². The molecule has 1 saturated heterocycles. The molecule has 2 rings (SSSR count). The highest BCUT2D eigenvalue weighted by Gasteiger charge is 2.28. The second-order valence-corrected chi connectivity index (χ2v) is 6.31. The van der Waals surface area contributed by atoms with Gasteiger partial charge in [0.1, 0.15) is 11.5 Å². The van der Waals surface area contributed by atoms with E-state index in [2.05, 4.69) is 10.6 Å². The molecule has 0 saturated carbocycles. The van der Waals surface area contributed by atoms with Crippen LogP contribution >= 0.6 is 12.4 Å². The Kier molecular flexibility index (Phi) is 9.96. The van der Waals surface area contributed by atoms with Gasteiger partial charge in [0, 0.05) is 43.7 Å². The Hall–Kier alpha value is -1.99. The quantitative estimate of drug-likeness (QED) is 0.650. The Bertz CT molecular complexity index is 597. The maximum Gasteiger partial charge on any atom is 0.254 e. The molecule has 8 heteroatoms. The molecule has 1 aromatic rings. The first-order chi connectivity index (χ1) is 12.6. The van der Waals surface area contributed by atoms with Crippen LogP contribution in [0.1, 0.15) is 30.1 Å². The molecule has 1 aliphatic rings. The third-order valence-electron chi connectivity index (χ3n) is 4.60. The number of likely N-dealkylation sites (N-methyl/N-ethyl adjacent to an activating group) is 1. The van der Waals surface area contributed by atoms with Gasteiger partial charge < -0.3 is 25.0 Å². The lowest BCUT2D eigenvalue weighted by Gasteiger charge is -2.31. The van der Waals surface area contributed by atoms with Crippen molar-refractivity contribution in [1.82, 2.24) is 15.5 Å². The highest BCUT2D eigenvalue weighted by atomic mass is 35.5. The number of ether oxygens (including phenoxy) is 2. The molecule has 0 bridgehead atoms. The molecule has 1 aromatic carbocycles. The molecule has 0 atom stereocenters. The van der Waals surface area contributed by atoms with E-state index in [-0.39, 0.29) is 30.1 Å². The van der Waals surface area contributed by atoms with E-state index in [9.17, 15) is 9.59 Å². The first-order valence-electron chi connectivity index (χ1n) is 9.09. The predicted octanol–water partition coefficient (Wildman–Crippen LogP) is 1.70. The molecule has 1 heterocycles. The molecule has 0 spiro atoms. The smallest absolute Gasteiger partial charge is 0.254 e. The van der Waals surface area contributed by atoms with Crippen LogP contribution in [0, 0.1) is 5.92 Å². The largest absolute Gasteiger partial charge is 0.497 e. The van der Waals surface area contributed by atoms with Crippen molar-refractivity contribution < 1.29 is 19.1 Å². The molecule has 1 aliphatic heterocycles. The summed E-state index contributed by atoms with van der Waals surface area (Å²) >= 11 is 0. The molecule has 0 unspecified atom stereocenters. The summed E-state index contributed by atoms with van der Waals surface area (Å²) in [5.74, 6) is 1.16. The first-order valence-corrected chi connectivity index (χ1v) is 9.09. The normalized spacial score (nSPS) is 14.3. The standard InChI is InChI=1S/C19H29N3O4.ClH/c1-4-20-7-8-21-18(23)14-5-9-22(10-6-14)19(24)15-11-16(25-2)13-17(12-15)26-3;/h11-14,20H,4-10H2,1-3H3,(H,21,23);1H. The van der Waals surface area contributed by atoms with Crippen LogP contribution in [0.3, 0.4) is 0 Å². The van der Waals surface area contributed by atoms with Crippen molar-refractivity contribution in [2.75, 3.05) is 46.9 Å². The van der Waals surface area contributed by atoms with Crippen LogP contribution in [-0.2, 0) is 4.79 Å². The summed E-state index contributed by atoms with van der Waals surface area (Å²) in [5, 5.41) is 6.13. The van der Waals surface area contributed by atoms with Crippen molar-refractivity contribution >= 4 is 24.2 Å². The number of hydrogen-bond donors (Lipinski definition) is 2. The van der Waals surface area contributed by atoms with Crippen molar-refractivity contribution in [1.29, 1.82) is 0 Å². The molecule has 2 amide bonds. The topological polar surface area (TPSA) is 79.9 Å². The lowest BCUT2D eigenvalue weighted by molar-refractivity contribution is -0.126. The van der Waals surface area contributed by atoms with Crippen molar-refractivity contribution in [3.05, 3.63) is 23.8 Å². The van der Waals surface area contributed by atoms with Crippen LogP contribution in [-0.4, -0.2) is 63.7 Å². The Labute approximate surface area is 167 Å². The van der Waals surface area contributed by atoms with Crippen molar-refractivity contribution in [2.45, 2.75) is 19.8 Å². The maximum absolute atomic E-state index is 12.8. The minimum atomic E-state index is -0.0618. The molecule has 152 valence electrons. The van der Waals surface area contributed by atoms with Gasteiger partial charge in [0.05, 0.1) is 14.2 Å². The molecule has 0 aliphatic carbocycles. The Balaban J connectivity index is 0.00000364. The number of piperidine rings is 1. The van der Waals surface area contributed by atoms with Gasteiger partial charge >= 0.3 is 0 Å². The third-order valence-corrected chi connectivity index (χ3v) is 4.60. The number of nitrogens with zero attached hydrogens (tertiary/aromatic N) is 1. The summed E-state index contributed by atoms with van der Waals surface area (Å²) in [6.45, 7) is 5.48. The highest BCUT2D eigenvalue weighted by molar-refractivity contribution is 5.95. The van der Waals surface area contributed by atoms with Gasteiger partial charge in [0.25, 0.3) is 5.91 Å². The fourth-order valence-corrected chi connectivity index (χ4v) is 3.05. The lowest BCUT2D eigenvalue weighted by Crippen LogP contribution is -2.44. The third kappa shape index (κ3) is 6.59. The first kappa shape index (κ1) is 23.0. The number of amides is 2. The summed E-state index contributed by atoms with van der Waals surface area (Å²) < 4.78 is 10.5.